The van der Waals surface area contributed by atoms with Gasteiger partial charge in [-0.05, 0) is 27.7 Å². The zero-order valence-corrected chi connectivity index (χ0v) is 13.2. The van der Waals surface area contributed by atoms with Gasteiger partial charge in [-0.25, -0.2) is 14.4 Å². The van der Waals surface area contributed by atoms with Gasteiger partial charge in [0.1, 0.15) is 5.60 Å². The maximum absolute atomic E-state index is 11.9. The van der Waals surface area contributed by atoms with Crippen molar-refractivity contribution in [2.24, 2.45) is 0 Å². The molecule has 1 aliphatic rings. The zero-order valence-electron chi connectivity index (χ0n) is 13.2. The van der Waals surface area contributed by atoms with E-state index in [9.17, 15) is 4.79 Å². The molecule has 9 nitrogen and oxygen atoms in total. The van der Waals surface area contributed by atoms with Crippen LogP contribution in [0.3, 0.4) is 0 Å². The molecular weight excluding hydrogens is 296 g/mol. The average Bonchev–Trinajstić information content (AvgIpc) is 2.37. The van der Waals surface area contributed by atoms with Gasteiger partial charge in [-0.2, -0.15) is 0 Å². The van der Waals surface area contributed by atoms with Gasteiger partial charge in [0.2, 0.25) is 0 Å². The number of carboxylic acids is 2. The van der Waals surface area contributed by atoms with Gasteiger partial charge in [0.25, 0.3) is 0 Å². The summed E-state index contributed by atoms with van der Waals surface area (Å²) in [6, 6.07) is 0.0429. The summed E-state index contributed by atoms with van der Waals surface area (Å²) in [5.41, 5.74) is -0.476. The number of hydrogen-bond acceptors (Lipinski definition) is 6. The van der Waals surface area contributed by atoms with Crippen LogP contribution in [0.4, 0.5) is 4.79 Å². The van der Waals surface area contributed by atoms with E-state index < -0.39 is 17.5 Å². The van der Waals surface area contributed by atoms with Crippen molar-refractivity contribution >= 4 is 18.0 Å². The Morgan fingerprint density at radius 3 is 2.09 bits per heavy atom. The Morgan fingerprint density at radius 2 is 1.73 bits per heavy atom. The standard InChI is InChI=1S/C11H22N2O3.C2H2O4/c1-8-5-12-9(7-14)6-13(8)10(15)16-11(2,3)4;3-1(4)2(5)6/h8-9,12,14H,5-7H2,1-4H3;(H,3,4)(H,5,6)/t8-,9-;/m0./s1. The van der Waals surface area contributed by atoms with Crippen molar-refractivity contribution < 1.29 is 34.4 Å². The third-order valence-electron chi connectivity index (χ3n) is 2.68. The van der Waals surface area contributed by atoms with Crippen LogP contribution in [0.2, 0.25) is 0 Å². The molecule has 0 aromatic carbocycles. The van der Waals surface area contributed by atoms with E-state index in [2.05, 4.69) is 5.32 Å². The Labute approximate surface area is 128 Å². The van der Waals surface area contributed by atoms with E-state index in [0.29, 0.717) is 13.1 Å². The van der Waals surface area contributed by atoms with Crippen molar-refractivity contribution in [2.75, 3.05) is 19.7 Å². The molecule has 0 aromatic heterocycles. The number of amides is 1. The molecule has 1 rings (SSSR count). The number of aliphatic carboxylic acids is 2. The van der Waals surface area contributed by atoms with E-state index in [1.165, 1.54) is 0 Å². The lowest BCUT2D eigenvalue weighted by atomic mass is 10.1. The van der Waals surface area contributed by atoms with Crippen LogP contribution >= 0.6 is 0 Å². The molecule has 0 aromatic rings. The fraction of sp³-hybridized carbons (Fsp3) is 0.769. The number of ether oxygens (including phenoxy) is 1. The van der Waals surface area contributed by atoms with Gasteiger partial charge in [-0.1, -0.05) is 0 Å². The summed E-state index contributed by atoms with van der Waals surface area (Å²) in [5, 5.41) is 27.0. The van der Waals surface area contributed by atoms with Crippen molar-refractivity contribution in [3.05, 3.63) is 0 Å². The van der Waals surface area contributed by atoms with Gasteiger partial charge in [-0.3, -0.25) is 0 Å². The number of piperazine rings is 1. The second-order valence-electron chi connectivity index (χ2n) is 5.88. The number of hydrogen-bond donors (Lipinski definition) is 4. The van der Waals surface area contributed by atoms with Gasteiger partial charge in [0.05, 0.1) is 6.61 Å². The van der Waals surface area contributed by atoms with Crippen LogP contribution in [0.25, 0.3) is 0 Å². The number of carbonyl (C=O) groups excluding carboxylic acids is 1. The first-order chi connectivity index (χ1) is 9.97. The molecule has 1 fully saturated rings. The lowest BCUT2D eigenvalue weighted by molar-refractivity contribution is -0.159. The minimum absolute atomic E-state index is 0.0337. The zero-order chi connectivity index (χ0) is 17.5. The minimum atomic E-state index is -1.82. The lowest BCUT2D eigenvalue weighted by Gasteiger charge is -2.38. The van der Waals surface area contributed by atoms with E-state index in [0.717, 1.165) is 0 Å². The van der Waals surface area contributed by atoms with E-state index in [1.54, 1.807) is 4.90 Å². The summed E-state index contributed by atoms with van der Waals surface area (Å²) in [6.07, 6.45) is -0.306. The van der Waals surface area contributed by atoms with Crippen molar-refractivity contribution in [1.29, 1.82) is 0 Å². The van der Waals surface area contributed by atoms with Crippen LogP contribution in [-0.2, 0) is 14.3 Å². The quantitative estimate of drug-likeness (QED) is 0.485. The fourth-order valence-corrected chi connectivity index (χ4v) is 1.63. The largest absolute Gasteiger partial charge is 0.473 e. The van der Waals surface area contributed by atoms with E-state index in [4.69, 9.17) is 29.6 Å². The third kappa shape index (κ3) is 7.79. The highest BCUT2D eigenvalue weighted by atomic mass is 16.6. The molecule has 9 heteroatoms. The number of rotatable bonds is 1. The summed E-state index contributed by atoms with van der Waals surface area (Å²) >= 11 is 0. The van der Waals surface area contributed by atoms with Crippen LogP contribution in [0.1, 0.15) is 27.7 Å². The summed E-state index contributed by atoms with van der Waals surface area (Å²) in [6.45, 7) is 8.72. The fourth-order valence-electron chi connectivity index (χ4n) is 1.63. The molecule has 1 heterocycles. The monoisotopic (exact) mass is 320 g/mol. The molecule has 1 aliphatic heterocycles. The minimum Gasteiger partial charge on any atom is -0.473 e. The van der Waals surface area contributed by atoms with Crippen molar-refractivity contribution in [1.82, 2.24) is 10.2 Å². The van der Waals surface area contributed by atoms with Crippen LogP contribution in [0.15, 0.2) is 0 Å². The number of nitrogens with one attached hydrogen (secondary N) is 1. The van der Waals surface area contributed by atoms with Crippen molar-refractivity contribution in [3.8, 4) is 0 Å². The van der Waals surface area contributed by atoms with Crippen molar-refractivity contribution in [2.45, 2.75) is 45.4 Å². The maximum Gasteiger partial charge on any atom is 0.414 e. The lowest BCUT2D eigenvalue weighted by Crippen LogP contribution is -2.59. The molecule has 22 heavy (non-hydrogen) atoms. The second-order valence-corrected chi connectivity index (χ2v) is 5.88. The highest BCUT2D eigenvalue weighted by Gasteiger charge is 2.31. The summed E-state index contributed by atoms with van der Waals surface area (Å²) in [7, 11) is 0. The average molecular weight is 320 g/mol. The Bertz CT molecular complexity index is 394. The van der Waals surface area contributed by atoms with Gasteiger partial charge in [0.15, 0.2) is 0 Å². The maximum atomic E-state index is 11.9. The molecule has 0 radical (unpaired) electrons. The smallest absolute Gasteiger partial charge is 0.414 e. The number of aliphatic hydroxyl groups is 1. The normalized spacial score (nSPS) is 21.4. The van der Waals surface area contributed by atoms with Crippen LogP contribution in [0, 0.1) is 0 Å². The molecular formula is C13H24N2O7. The molecule has 0 saturated carbocycles. The molecule has 0 bridgehead atoms. The van der Waals surface area contributed by atoms with Crippen LogP contribution in [-0.4, -0.2) is 75.6 Å². The molecule has 0 spiro atoms. The van der Waals surface area contributed by atoms with Gasteiger partial charge >= 0.3 is 18.0 Å². The van der Waals surface area contributed by atoms with Crippen molar-refractivity contribution in [3.63, 3.8) is 0 Å². The second kappa shape index (κ2) is 8.54. The predicted octanol–water partition coefficient (Wildman–Crippen LogP) is -0.268. The SMILES string of the molecule is C[C@H]1CN[C@H](CO)CN1C(=O)OC(C)(C)C.O=C(O)C(=O)O. The molecule has 4 N–H and O–H groups in total. The van der Waals surface area contributed by atoms with E-state index >= 15 is 0 Å². The Kier molecular flexibility index (Phi) is 7.82. The first-order valence-corrected chi connectivity index (χ1v) is 6.78. The molecule has 0 unspecified atom stereocenters. The molecule has 128 valence electrons. The Balaban J connectivity index is 0.000000626. The van der Waals surface area contributed by atoms with Gasteiger partial charge in [-0.15, -0.1) is 0 Å². The Morgan fingerprint density at radius 1 is 1.23 bits per heavy atom. The summed E-state index contributed by atoms with van der Waals surface area (Å²) in [5.74, 6) is -3.65. The molecule has 1 amide bonds. The molecule has 0 aliphatic carbocycles. The molecule has 1 saturated heterocycles. The number of nitrogens with zero attached hydrogens (tertiary/aromatic N) is 1. The first-order valence-electron chi connectivity index (χ1n) is 6.78. The van der Waals surface area contributed by atoms with E-state index in [-0.39, 0.29) is 24.8 Å². The van der Waals surface area contributed by atoms with Gasteiger partial charge < -0.3 is 30.3 Å². The van der Waals surface area contributed by atoms with Crippen LogP contribution < -0.4 is 5.32 Å². The number of carbonyl (C=O) groups is 3. The first kappa shape index (κ1) is 20.1. The number of aliphatic hydroxyl groups excluding tert-OH is 1. The topological polar surface area (TPSA) is 136 Å². The van der Waals surface area contributed by atoms with E-state index in [1.807, 2.05) is 27.7 Å². The summed E-state index contributed by atoms with van der Waals surface area (Å²) < 4.78 is 5.32. The highest BCUT2D eigenvalue weighted by Crippen LogP contribution is 2.14. The van der Waals surface area contributed by atoms with Gasteiger partial charge in [0, 0.05) is 25.2 Å². The summed E-state index contributed by atoms with van der Waals surface area (Å²) in [4.78, 5) is 31.7. The highest BCUT2D eigenvalue weighted by molar-refractivity contribution is 6.27. The Hall–Kier alpha value is -1.87. The third-order valence-corrected chi connectivity index (χ3v) is 2.68. The number of carboxylic acid groups (broad SMARTS) is 2. The van der Waals surface area contributed by atoms with Crippen LogP contribution in [0.5, 0.6) is 0 Å². The predicted molar refractivity (Wildman–Crippen MR) is 76.6 cm³/mol. The molecule has 2 atom stereocenters.